The number of ether oxygens (including phenoxy) is 1. The third-order valence-corrected chi connectivity index (χ3v) is 12.0. The number of carbonyl (C=O) groups is 3. The van der Waals surface area contributed by atoms with Crippen LogP contribution in [-0.4, -0.2) is 67.7 Å². The van der Waals surface area contributed by atoms with Gasteiger partial charge >= 0.3 is 12.5 Å². The smallest absolute Gasteiger partial charge is 0.406 e. The number of halogens is 8. The first kappa shape index (κ1) is 59.7. The molecule has 0 saturated heterocycles. The number of nitrogens with zero attached hydrogens (tertiary/aromatic N) is 9. The van der Waals surface area contributed by atoms with Crippen molar-refractivity contribution in [2.45, 2.75) is 153 Å². The summed E-state index contributed by atoms with van der Waals surface area (Å²) in [5, 5.41) is 9.03. The first-order valence-electron chi connectivity index (χ1n) is 24.7. The number of hydrogen-bond acceptors (Lipinski definition) is 10. The number of carbonyl (C=O) groups excluding carboxylic acids is 3. The van der Waals surface area contributed by atoms with Gasteiger partial charge in [-0.05, 0) is 117 Å². The fourth-order valence-corrected chi connectivity index (χ4v) is 8.38. The highest BCUT2D eigenvalue weighted by atomic mass is 35.5. The van der Waals surface area contributed by atoms with Gasteiger partial charge in [0.1, 0.15) is 32.6 Å². The molecule has 3 amide bonds. The van der Waals surface area contributed by atoms with Crippen LogP contribution >= 0.6 is 23.2 Å². The number of pyridine rings is 3. The average Bonchev–Trinajstić information content (AvgIpc) is 3.88. The molecular formula is C53H64Cl2F6N12O4. The van der Waals surface area contributed by atoms with E-state index in [9.17, 15) is 40.7 Å². The van der Waals surface area contributed by atoms with E-state index >= 15 is 0 Å². The van der Waals surface area contributed by atoms with E-state index < -0.39 is 18.1 Å². The highest BCUT2D eigenvalue weighted by Gasteiger charge is 2.37. The Labute approximate surface area is 452 Å². The number of aryl methyl sites for hydroxylation is 1. The summed E-state index contributed by atoms with van der Waals surface area (Å²) in [5.74, 6) is -0.0892. The van der Waals surface area contributed by atoms with E-state index in [-0.39, 0.29) is 92.4 Å². The summed E-state index contributed by atoms with van der Waals surface area (Å²) < 4.78 is 86.1. The number of hydrogen-bond donors (Lipinski definition) is 3. The molecule has 0 atom stereocenters. The molecule has 1 aliphatic rings. The van der Waals surface area contributed by atoms with Gasteiger partial charge in [-0.3, -0.25) is 44.0 Å². The number of rotatable bonds is 9. The lowest BCUT2D eigenvalue weighted by atomic mass is 9.92. The van der Waals surface area contributed by atoms with Crippen molar-refractivity contribution in [1.82, 2.24) is 43.6 Å². The van der Waals surface area contributed by atoms with E-state index in [2.05, 4.69) is 50.6 Å². The zero-order valence-corrected chi connectivity index (χ0v) is 46.7. The molecule has 1 aliphatic carbocycles. The number of imidazole rings is 3. The largest absolute Gasteiger partial charge is 0.573 e. The molecular weight excluding hydrogens is 1050 g/mol. The van der Waals surface area contributed by atoms with Gasteiger partial charge in [-0.1, -0.05) is 85.5 Å². The number of aromatic nitrogens is 9. The highest BCUT2D eigenvalue weighted by molar-refractivity contribution is 6.30. The summed E-state index contributed by atoms with van der Waals surface area (Å²) in [4.78, 5) is 62.8. The van der Waals surface area contributed by atoms with Crippen molar-refractivity contribution in [3.05, 3.63) is 76.2 Å². The lowest BCUT2D eigenvalue weighted by Gasteiger charge is -2.28. The van der Waals surface area contributed by atoms with Crippen LogP contribution in [0.3, 0.4) is 0 Å². The van der Waals surface area contributed by atoms with Crippen molar-refractivity contribution in [1.29, 1.82) is 0 Å². The Morgan fingerprint density at radius 2 is 1.17 bits per heavy atom. The van der Waals surface area contributed by atoms with E-state index in [0.29, 0.717) is 51.1 Å². The molecule has 16 nitrogen and oxygen atoms in total. The summed E-state index contributed by atoms with van der Waals surface area (Å²) in [6, 6.07) is 11.3. The summed E-state index contributed by atoms with van der Waals surface area (Å²) in [7, 11) is 0. The molecule has 1 fully saturated rings. The van der Waals surface area contributed by atoms with Crippen LogP contribution in [0.1, 0.15) is 139 Å². The molecule has 77 heavy (non-hydrogen) atoms. The second-order valence-electron chi connectivity index (χ2n) is 23.4. The number of fused-ring (bicyclic) bond motifs is 3. The van der Waals surface area contributed by atoms with Crippen LogP contribution in [0.25, 0.3) is 39.2 Å². The van der Waals surface area contributed by atoms with Gasteiger partial charge < -0.3 is 4.74 Å². The van der Waals surface area contributed by atoms with E-state index in [1.165, 1.54) is 28.8 Å². The first-order valence-corrected chi connectivity index (χ1v) is 25.4. The van der Waals surface area contributed by atoms with Gasteiger partial charge in [-0.15, -0.1) is 13.2 Å². The SMILES string of the molecule is CC(C)(C)CC(=O)Nc1nc2c(C(F)(F)F)ccnc2n1C1CCC1.CC(C)(C)CC(=O)Nc1nc2ccc(Cl)nc2n1C(C)(C)C.Cc1cc2nc(NC(=O)CC(C)(C)C)n(-c3ccc(OC(F)(F)F)cc3)c2nc1Cl. The Morgan fingerprint density at radius 1 is 0.636 bits per heavy atom. The van der Waals surface area contributed by atoms with Crippen LogP contribution in [0.2, 0.25) is 10.3 Å². The minimum atomic E-state index is -4.79. The normalized spacial score (nSPS) is 13.6. The van der Waals surface area contributed by atoms with Crippen molar-refractivity contribution >= 4 is 92.3 Å². The average molecular weight is 1120 g/mol. The van der Waals surface area contributed by atoms with Gasteiger partial charge in [-0.2, -0.15) is 13.2 Å². The van der Waals surface area contributed by atoms with Gasteiger partial charge in [0.15, 0.2) is 16.9 Å². The van der Waals surface area contributed by atoms with Crippen molar-refractivity contribution in [2.24, 2.45) is 16.2 Å². The van der Waals surface area contributed by atoms with Crippen LogP contribution in [-0.2, 0) is 26.1 Å². The van der Waals surface area contributed by atoms with E-state index in [0.717, 1.165) is 31.5 Å². The van der Waals surface area contributed by atoms with Gasteiger partial charge in [0, 0.05) is 37.0 Å². The minimum absolute atomic E-state index is 0.0194. The summed E-state index contributed by atoms with van der Waals surface area (Å²) in [6.07, 6.45) is -4.57. The van der Waals surface area contributed by atoms with Crippen LogP contribution in [0.4, 0.5) is 44.2 Å². The Bertz CT molecular complexity index is 3280. The molecule has 0 unspecified atom stereocenters. The van der Waals surface area contributed by atoms with Crippen LogP contribution in [0.15, 0.2) is 54.7 Å². The fraction of sp³-hybridized carbons (Fsp3) is 0.491. The molecule has 0 spiro atoms. The number of amides is 3. The molecule has 6 heterocycles. The molecule has 0 aliphatic heterocycles. The van der Waals surface area contributed by atoms with E-state index in [1.54, 1.807) is 23.6 Å². The number of nitrogens with one attached hydrogen (secondary N) is 3. The van der Waals surface area contributed by atoms with Crippen molar-refractivity contribution in [2.75, 3.05) is 16.0 Å². The fourth-order valence-electron chi connectivity index (χ4n) is 8.11. The van der Waals surface area contributed by atoms with E-state index in [1.807, 2.05) is 93.7 Å². The Hall–Kier alpha value is -6.55. The second kappa shape index (κ2) is 22.4. The monoisotopic (exact) mass is 1120 g/mol. The van der Waals surface area contributed by atoms with Crippen LogP contribution < -0.4 is 20.7 Å². The number of alkyl halides is 6. The molecule has 1 aromatic carbocycles. The predicted octanol–water partition coefficient (Wildman–Crippen LogP) is 14.4. The zero-order valence-electron chi connectivity index (χ0n) is 45.2. The van der Waals surface area contributed by atoms with Crippen molar-refractivity contribution < 1.29 is 45.5 Å². The van der Waals surface area contributed by atoms with Crippen molar-refractivity contribution in [3.63, 3.8) is 0 Å². The predicted molar refractivity (Wildman–Crippen MR) is 286 cm³/mol. The molecule has 1 saturated carbocycles. The van der Waals surface area contributed by atoms with Gasteiger partial charge in [0.25, 0.3) is 0 Å². The first-order chi connectivity index (χ1) is 35.4. The molecule has 0 bridgehead atoms. The quantitative estimate of drug-likeness (QED) is 0.0927. The third kappa shape index (κ3) is 16.0. The lowest BCUT2D eigenvalue weighted by Crippen LogP contribution is -2.27. The minimum Gasteiger partial charge on any atom is -0.406 e. The van der Waals surface area contributed by atoms with Crippen molar-refractivity contribution in [3.8, 4) is 11.4 Å². The molecule has 3 N–H and O–H groups in total. The molecule has 8 rings (SSSR count). The highest BCUT2D eigenvalue weighted by Crippen LogP contribution is 2.41. The third-order valence-electron chi connectivity index (χ3n) is 11.4. The number of anilines is 3. The summed E-state index contributed by atoms with van der Waals surface area (Å²) in [6.45, 7) is 25.5. The summed E-state index contributed by atoms with van der Waals surface area (Å²) in [5.41, 5.74) is 1.67. The molecule has 24 heteroatoms. The molecule has 416 valence electrons. The Balaban J connectivity index is 0.000000190. The number of benzene rings is 1. The maximum absolute atomic E-state index is 13.3. The molecule has 0 radical (unpaired) electrons. The van der Waals surface area contributed by atoms with E-state index in [4.69, 9.17) is 23.2 Å². The lowest BCUT2D eigenvalue weighted by molar-refractivity contribution is -0.274. The Kier molecular flexibility index (Phi) is 17.4. The second-order valence-corrected chi connectivity index (χ2v) is 24.2. The van der Waals surface area contributed by atoms with Gasteiger partial charge in [-0.25, -0.2) is 29.9 Å². The Morgan fingerprint density at radius 3 is 1.66 bits per heavy atom. The maximum atomic E-state index is 13.3. The molecule has 7 aromatic rings. The topological polar surface area (TPSA) is 189 Å². The zero-order chi connectivity index (χ0) is 57.4. The summed E-state index contributed by atoms with van der Waals surface area (Å²) >= 11 is 12.2. The molecule has 6 aromatic heterocycles. The van der Waals surface area contributed by atoms with Gasteiger partial charge in [0.2, 0.25) is 35.6 Å². The van der Waals surface area contributed by atoms with Crippen LogP contribution in [0.5, 0.6) is 5.75 Å². The maximum Gasteiger partial charge on any atom is 0.573 e. The van der Waals surface area contributed by atoms with Crippen LogP contribution in [0, 0.1) is 23.2 Å². The standard InChI is InChI=1S/C20H20ClF3N4O2.C17H21F3N4O.C16H23ClN4O/c1-11-9-14-17(27-16(11)21)28(18(25-14)26-15(29)10-19(2,3)4)12-5-7-13(8-6-12)30-20(22,23)24;1-16(2,3)9-12(25)22-15-23-13-11(17(18,19)20)7-8-21-14(13)24(15)10-5-4-6-10;1-15(2,3)9-12(22)20-14-18-10-7-8-11(17)19-13(10)21(14)16(4,5)6/h5-9H,10H2,1-4H3,(H,25,26,29);7-8,10H,4-6,9H2,1-3H3,(H,22,23,25);7-8H,9H2,1-6H3,(H,18,20,22). The van der Waals surface area contributed by atoms with Gasteiger partial charge in [0.05, 0.1) is 11.3 Å².